The number of aromatic nitrogens is 1. The third-order valence-corrected chi connectivity index (χ3v) is 8.94. The molecular weight excluding hydrogens is 552 g/mol. The second kappa shape index (κ2) is 13.4. The van der Waals surface area contributed by atoms with Gasteiger partial charge < -0.3 is 29.7 Å². The molecule has 0 amide bonds. The van der Waals surface area contributed by atoms with E-state index in [0.29, 0.717) is 18.3 Å². The molecule has 0 aromatic carbocycles. The van der Waals surface area contributed by atoms with Crippen LogP contribution >= 0.6 is 0 Å². The lowest BCUT2D eigenvalue weighted by Gasteiger charge is -2.52. The van der Waals surface area contributed by atoms with Gasteiger partial charge in [-0.3, -0.25) is 0 Å². The molecule has 0 saturated carbocycles. The summed E-state index contributed by atoms with van der Waals surface area (Å²) in [5.41, 5.74) is 0.624. The van der Waals surface area contributed by atoms with E-state index in [0.717, 1.165) is 61.0 Å². The molecule has 2 N–H and O–H groups in total. The average molecular weight is 605 g/mol. The molecule has 44 heavy (non-hydrogen) atoms. The van der Waals surface area contributed by atoms with Crippen molar-refractivity contribution in [3.63, 3.8) is 0 Å². The number of fused-ring (bicyclic) bond motifs is 1. The van der Waals surface area contributed by atoms with Crippen LogP contribution in [0.4, 0.5) is 5.82 Å². The van der Waals surface area contributed by atoms with Crippen LogP contribution in [-0.4, -0.2) is 71.3 Å². The van der Waals surface area contributed by atoms with Crippen molar-refractivity contribution in [1.82, 2.24) is 15.2 Å². The molecule has 240 valence electrons. The van der Waals surface area contributed by atoms with Crippen molar-refractivity contribution >= 4 is 17.6 Å². The number of hydrogen-bond acceptors (Lipinski definition) is 9. The maximum absolute atomic E-state index is 10.8. The number of amidine groups is 1. The van der Waals surface area contributed by atoms with Crippen molar-refractivity contribution in [3.05, 3.63) is 71.9 Å². The quantitative estimate of drug-likeness (QED) is 0.275. The lowest BCUT2D eigenvalue weighted by molar-refractivity contribution is -0.105. The van der Waals surface area contributed by atoms with E-state index in [9.17, 15) is 5.11 Å². The summed E-state index contributed by atoms with van der Waals surface area (Å²) >= 11 is 0. The van der Waals surface area contributed by atoms with Gasteiger partial charge in [-0.15, -0.1) is 0 Å². The van der Waals surface area contributed by atoms with Crippen molar-refractivity contribution in [2.45, 2.75) is 98.0 Å². The van der Waals surface area contributed by atoms with Gasteiger partial charge in [0.15, 0.2) is 0 Å². The molecule has 2 fully saturated rings. The zero-order valence-electron chi connectivity index (χ0n) is 28.1. The molecule has 9 heteroatoms. The number of ether oxygens (including phenoxy) is 2. The number of pyridine rings is 1. The first-order valence-electron chi connectivity index (χ1n) is 15.7. The first kappa shape index (κ1) is 33.6. The number of rotatable bonds is 8. The van der Waals surface area contributed by atoms with Crippen LogP contribution in [-0.2, 0) is 15.1 Å². The summed E-state index contributed by atoms with van der Waals surface area (Å²) in [6.07, 6.45) is 10.4. The Morgan fingerprint density at radius 1 is 1.25 bits per heavy atom. The number of likely N-dealkylation sites (tertiary alicyclic amines) is 1. The third kappa shape index (κ3) is 7.86. The highest BCUT2D eigenvalue weighted by Crippen LogP contribution is 2.45. The largest absolute Gasteiger partial charge is 0.493 e. The Morgan fingerprint density at radius 2 is 2.00 bits per heavy atom. The summed E-state index contributed by atoms with van der Waals surface area (Å²) in [4.78, 5) is 19.3. The van der Waals surface area contributed by atoms with Crippen LogP contribution in [0.2, 0.25) is 0 Å². The Labute approximate surface area is 264 Å². The van der Waals surface area contributed by atoms with E-state index in [1.165, 1.54) is 0 Å². The number of likely N-dealkylation sites (N-methyl/N-ethyl adjacent to an activating group) is 1. The van der Waals surface area contributed by atoms with E-state index in [4.69, 9.17) is 24.4 Å². The second-order valence-corrected chi connectivity index (χ2v) is 13.6. The van der Waals surface area contributed by atoms with Crippen molar-refractivity contribution in [3.8, 4) is 0 Å². The number of aliphatic hydroxyl groups is 1. The zero-order valence-corrected chi connectivity index (χ0v) is 28.1. The lowest BCUT2D eigenvalue weighted by Crippen LogP contribution is -2.59. The van der Waals surface area contributed by atoms with Gasteiger partial charge in [-0.2, -0.15) is 4.99 Å². The van der Waals surface area contributed by atoms with Gasteiger partial charge in [0.25, 0.3) is 0 Å². The standard InChI is InChI=1S/C35H52N6O3/c1-11-26(16-17-27(12-2)44-28-18-19-40(10)22-28)38-32-36-21-24(3)35(9)23-43-33(5,6)20-30(35)41(25(4)37-32)31-15-13-14-29(39-31)34(7,8)42/h11,13-17,21,28,30,42H,1,12,18-20,22-23H2,2-10H3,(H,36,38)/b24-21+,26-16+,27-17+,37-25+/t28?,30-,35?/m0/s1. The Bertz CT molecular complexity index is 1370. The first-order valence-corrected chi connectivity index (χ1v) is 15.7. The van der Waals surface area contributed by atoms with Crippen LogP contribution in [0.15, 0.2) is 76.2 Å². The maximum atomic E-state index is 10.8. The van der Waals surface area contributed by atoms with Crippen LogP contribution in [0.1, 0.15) is 80.3 Å². The molecule has 3 aliphatic heterocycles. The molecule has 3 aliphatic rings. The van der Waals surface area contributed by atoms with Gasteiger partial charge in [-0.25, -0.2) is 9.98 Å². The van der Waals surface area contributed by atoms with Crippen molar-refractivity contribution in [1.29, 1.82) is 0 Å². The first-order chi connectivity index (χ1) is 20.6. The molecule has 2 saturated heterocycles. The second-order valence-electron chi connectivity index (χ2n) is 13.6. The molecule has 1 aromatic rings. The summed E-state index contributed by atoms with van der Waals surface area (Å²) in [5, 5.41) is 14.2. The molecule has 4 heterocycles. The highest BCUT2D eigenvalue weighted by molar-refractivity contribution is 6.04. The summed E-state index contributed by atoms with van der Waals surface area (Å²) < 4.78 is 12.7. The average Bonchev–Trinajstić information content (AvgIpc) is 3.39. The van der Waals surface area contributed by atoms with Crippen molar-refractivity contribution in [2.24, 2.45) is 15.4 Å². The van der Waals surface area contributed by atoms with Gasteiger partial charge in [-0.05, 0) is 97.4 Å². The predicted octanol–water partition coefficient (Wildman–Crippen LogP) is 6.06. The highest BCUT2D eigenvalue weighted by atomic mass is 16.5. The summed E-state index contributed by atoms with van der Waals surface area (Å²) in [6.45, 7) is 22.7. The molecule has 1 aromatic heterocycles. The van der Waals surface area contributed by atoms with Gasteiger partial charge in [0.2, 0.25) is 5.96 Å². The topological polar surface area (TPSA) is 94.8 Å². The maximum Gasteiger partial charge on any atom is 0.228 e. The Morgan fingerprint density at radius 3 is 2.64 bits per heavy atom. The van der Waals surface area contributed by atoms with Gasteiger partial charge >= 0.3 is 0 Å². The van der Waals surface area contributed by atoms with Crippen LogP contribution < -0.4 is 10.2 Å². The lowest BCUT2D eigenvalue weighted by atomic mass is 9.70. The van der Waals surface area contributed by atoms with E-state index >= 15 is 0 Å². The predicted molar refractivity (Wildman–Crippen MR) is 180 cm³/mol. The number of nitrogens with zero attached hydrogens (tertiary/aromatic N) is 5. The van der Waals surface area contributed by atoms with Crippen LogP contribution in [0.5, 0.6) is 0 Å². The monoisotopic (exact) mass is 604 g/mol. The Balaban J connectivity index is 1.74. The molecule has 0 aliphatic carbocycles. The molecule has 4 rings (SSSR count). The Kier molecular flexibility index (Phi) is 10.2. The van der Waals surface area contributed by atoms with E-state index in [2.05, 4.69) is 63.4 Å². The molecular formula is C35H52N6O3. The molecule has 0 spiro atoms. The smallest absolute Gasteiger partial charge is 0.228 e. The van der Waals surface area contributed by atoms with Crippen LogP contribution in [0, 0.1) is 5.41 Å². The minimum atomic E-state index is -1.09. The number of aliphatic imine (C=N–C) groups is 2. The fourth-order valence-corrected chi connectivity index (χ4v) is 5.91. The summed E-state index contributed by atoms with van der Waals surface area (Å²) in [6, 6.07) is 5.75. The zero-order chi connectivity index (χ0) is 32.3. The number of allylic oxidation sites excluding steroid dienone is 4. The molecule has 9 nitrogen and oxygen atoms in total. The summed E-state index contributed by atoms with van der Waals surface area (Å²) in [7, 11) is 2.12. The van der Waals surface area contributed by atoms with E-state index < -0.39 is 5.60 Å². The number of guanidine groups is 1. The minimum Gasteiger partial charge on any atom is -0.493 e. The molecule has 0 bridgehead atoms. The molecule has 3 atom stereocenters. The summed E-state index contributed by atoms with van der Waals surface area (Å²) in [5.74, 6) is 2.82. The van der Waals surface area contributed by atoms with Crippen molar-refractivity contribution < 1.29 is 14.6 Å². The van der Waals surface area contributed by atoms with Crippen LogP contribution in [0.25, 0.3) is 0 Å². The van der Waals surface area contributed by atoms with E-state index in [1.807, 2.05) is 43.5 Å². The normalized spacial score (nSPS) is 30.4. The number of anilines is 1. The number of hydrogen-bond donors (Lipinski definition) is 2. The fraction of sp³-hybridized carbons (Fsp3) is 0.571. The van der Waals surface area contributed by atoms with E-state index in [-0.39, 0.29) is 23.2 Å². The van der Waals surface area contributed by atoms with Gasteiger partial charge in [0.05, 0.1) is 29.7 Å². The van der Waals surface area contributed by atoms with E-state index in [1.54, 1.807) is 19.9 Å². The van der Waals surface area contributed by atoms with Gasteiger partial charge in [0.1, 0.15) is 23.4 Å². The fourth-order valence-electron chi connectivity index (χ4n) is 5.91. The number of nitrogens with one attached hydrogen (secondary N) is 1. The molecule has 2 unspecified atom stereocenters. The minimum absolute atomic E-state index is 0.0263. The van der Waals surface area contributed by atoms with Gasteiger partial charge in [-0.1, -0.05) is 26.5 Å². The SMILES string of the molecule is C=C/C(=C\C=C(/CC)OC1CCN(C)C1)NC1=N\C=C(/C)C2(C)COC(C)(C)C[C@@H]2N(c2cccc(C(C)(C)O)n2)\C(C)=N\1. The van der Waals surface area contributed by atoms with Crippen molar-refractivity contribution in [2.75, 3.05) is 31.6 Å². The Hall–Kier alpha value is -3.27. The van der Waals surface area contributed by atoms with Gasteiger partial charge in [0, 0.05) is 36.8 Å². The van der Waals surface area contributed by atoms with Crippen LogP contribution in [0.3, 0.4) is 0 Å². The highest BCUT2D eigenvalue weighted by Gasteiger charge is 2.49. The molecule has 0 radical (unpaired) electrons. The third-order valence-electron chi connectivity index (χ3n) is 8.94.